The third kappa shape index (κ3) is 2.77. The number of rotatable bonds is 4. The molecule has 2 fully saturated rings. The van der Waals surface area contributed by atoms with E-state index in [1.165, 1.54) is 25.7 Å². The fourth-order valence-corrected chi connectivity index (χ4v) is 5.10. The van der Waals surface area contributed by atoms with Crippen LogP contribution in [0.25, 0.3) is 0 Å². The van der Waals surface area contributed by atoms with E-state index in [-0.39, 0.29) is 10.9 Å². The van der Waals surface area contributed by atoms with Crippen LogP contribution in [0.5, 0.6) is 0 Å². The molecule has 2 aliphatic carbocycles. The molecule has 0 spiro atoms. The first kappa shape index (κ1) is 15.5. The summed E-state index contributed by atoms with van der Waals surface area (Å²) >= 11 is 0. The van der Waals surface area contributed by atoms with E-state index in [4.69, 9.17) is 4.74 Å². The Labute approximate surface area is 131 Å². The van der Waals surface area contributed by atoms with Crippen LogP contribution in [0.15, 0.2) is 23.1 Å². The van der Waals surface area contributed by atoms with Gasteiger partial charge in [-0.25, -0.2) is 17.9 Å². The molecule has 1 N–H and O–H groups in total. The van der Waals surface area contributed by atoms with Gasteiger partial charge in [0.15, 0.2) is 0 Å². The molecule has 0 heterocycles. The fraction of sp³-hybridized carbons (Fsp3) is 0.562. The Balaban J connectivity index is 1.84. The van der Waals surface area contributed by atoms with Gasteiger partial charge in [0.1, 0.15) is 0 Å². The van der Waals surface area contributed by atoms with E-state index >= 15 is 0 Å². The lowest BCUT2D eigenvalue weighted by molar-refractivity contribution is 0.0599. The Morgan fingerprint density at radius 1 is 1.27 bits per heavy atom. The van der Waals surface area contributed by atoms with Gasteiger partial charge in [-0.15, -0.1) is 0 Å². The fourth-order valence-electron chi connectivity index (χ4n) is 3.75. The zero-order valence-electron chi connectivity index (χ0n) is 12.8. The average molecular weight is 323 g/mol. The van der Waals surface area contributed by atoms with Crippen LogP contribution >= 0.6 is 0 Å². The molecule has 6 heteroatoms. The van der Waals surface area contributed by atoms with Gasteiger partial charge < -0.3 is 4.74 Å². The number of carbonyl (C=O) groups excluding carboxylic acids is 1. The molecular weight excluding hydrogens is 302 g/mol. The molecule has 22 heavy (non-hydrogen) atoms. The molecule has 0 aliphatic heterocycles. The summed E-state index contributed by atoms with van der Waals surface area (Å²) in [4.78, 5) is 11.9. The first-order valence-electron chi connectivity index (χ1n) is 7.62. The Hall–Kier alpha value is -1.40. The summed E-state index contributed by atoms with van der Waals surface area (Å²) in [6.45, 7) is 1.76. The quantitative estimate of drug-likeness (QED) is 0.863. The molecule has 1 aromatic rings. The second-order valence-electron chi connectivity index (χ2n) is 6.37. The highest BCUT2D eigenvalue weighted by molar-refractivity contribution is 7.89. The molecule has 3 rings (SSSR count). The van der Waals surface area contributed by atoms with E-state index in [1.54, 1.807) is 13.0 Å². The van der Waals surface area contributed by atoms with Crippen LogP contribution in [0.4, 0.5) is 0 Å². The topological polar surface area (TPSA) is 72.5 Å². The standard InChI is InChI=1S/C16H21NO4S/c1-10-3-6-13(9-14(10)16(18)21-2)22(19,20)17-15-8-11-4-5-12(15)7-11/h3,6,9,11-12,15,17H,4-5,7-8H2,1-2H3/t11-,12-,15-/m0/s1. The summed E-state index contributed by atoms with van der Waals surface area (Å²) in [5, 5.41) is 0. The van der Waals surface area contributed by atoms with E-state index < -0.39 is 16.0 Å². The van der Waals surface area contributed by atoms with E-state index in [1.807, 2.05) is 0 Å². The molecule has 2 aliphatic rings. The zero-order valence-corrected chi connectivity index (χ0v) is 13.7. The Kier molecular flexibility index (Phi) is 3.99. The number of hydrogen-bond donors (Lipinski definition) is 1. The van der Waals surface area contributed by atoms with Gasteiger partial charge in [0.2, 0.25) is 10.0 Å². The van der Waals surface area contributed by atoms with E-state index in [0.717, 1.165) is 19.3 Å². The number of ether oxygens (including phenoxy) is 1. The number of aryl methyl sites for hydroxylation is 1. The number of sulfonamides is 1. The first-order chi connectivity index (χ1) is 10.4. The highest BCUT2D eigenvalue weighted by Crippen LogP contribution is 2.44. The number of benzene rings is 1. The summed E-state index contributed by atoms with van der Waals surface area (Å²) < 4.78 is 32.7. The van der Waals surface area contributed by atoms with Gasteiger partial charge in [0, 0.05) is 6.04 Å². The Morgan fingerprint density at radius 3 is 2.64 bits per heavy atom. The van der Waals surface area contributed by atoms with Gasteiger partial charge in [-0.1, -0.05) is 12.5 Å². The van der Waals surface area contributed by atoms with Crippen molar-refractivity contribution in [2.75, 3.05) is 7.11 Å². The number of esters is 1. The van der Waals surface area contributed by atoms with Gasteiger partial charge in [0.05, 0.1) is 17.6 Å². The third-order valence-corrected chi connectivity index (χ3v) is 6.46. The van der Waals surface area contributed by atoms with Crippen molar-refractivity contribution in [3.63, 3.8) is 0 Å². The number of carbonyl (C=O) groups is 1. The Morgan fingerprint density at radius 2 is 2.05 bits per heavy atom. The maximum atomic E-state index is 12.6. The average Bonchev–Trinajstić information content (AvgIpc) is 3.08. The molecule has 2 bridgehead atoms. The van der Waals surface area contributed by atoms with Crippen molar-refractivity contribution in [2.45, 2.75) is 43.5 Å². The highest BCUT2D eigenvalue weighted by Gasteiger charge is 2.41. The van der Waals surface area contributed by atoms with Gasteiger partial charge >= 0.3 is 5.97 Å². The van der Waals surface area contributed by atoms with Crippen LogP contribution in [0, 0.1) is 18.8 Å². The van der Waals surface area contributed by atoms with Crippen molar-refractivity contribution in [3.8, 4) is 0 Å². The molecule has 0 radical (unpaired) electrons. The highest BCUT2D eigenvalue weighted by atomic mass is 32.2. The predicted octanol–water partition coefficient (Wildman–Crippen LogP) is 2.25. The van der Waals surface area contributed by atoms with Crippen LogP contribution in [0.3, 0.4) is 0 Å². The minimum absolute atomic E-state index is 0.0339. The molecule has 0 aromatic heterocycles. The van der Waals surface area contributed by atoms with E-state index in [0.29, 0.717) is 23.0 Å². The van der Waals surface area contributed by atoms with Gasteiger partial charge in [-0.3, -0.25) is 0 Å². The number of nitrogens with one attached hydrogen (secondary N) is 1. The maximum Gasteiger partial charge on any atom is 0.338 e. The van der Waals surface area contributed by atoms with Crippen molar-refractivity contribution < 1.29 is 17.9 Å². The van der Waals surface area contributed by atoms with Gasteiger partial charge in [-0.2, -0.15) is 0 Å². The summed E-state index contributed by atoms with van der Waals surface area (Å²) in [6.07, 6.45) is 4.40. The summed E-state index contributed by atoms with van der Waals surface area (Å²) in [7, 11) is -2.32. The van der Waals surface area contributed by atoms with Gasteiger partial charge in [0.25, 0.3) is 0 Å². The van der Waals surface area contributed by atoms with Crippen LogP contribution in [0.2, 0.25) is 0 Å². The minimum Gasteiger partial charge on any atom is -0.465 e. The second-order valence-corrected chi connectivity index (χ2v) is 8.08. The van der Waals surface area contributed by atoms with Crippen LogP contribution in [-0.4, -0.2) is 27.5 Å². The molecular formula is C16H21NO4S. The maximum absolute atomic E-state index is 12.6. The van der Waals surface area contributed by atoms with Gasteiger partial charge in [-0.05, 0) is 55.7 Å². The molecule has 0 unspecified atom stereocenters. The molecule has 0 amide bonds. The largest absolute Gasteiger partial charge is 0.465 e. The zero-order chi connectivity index (χ0) is 15.9. The molecule has 5 nitrogen and oxygen atoms in total. The molecule has 0 saturated heterocycles. The molecule has 3 atom stereocenters. The van der Waals surface area contributed by atoms with E-state index in [9.17, 15) is 13.2 Å². The number of fused-ring (bicyclic) bond motifs is 2. The molecule has 2 saturated carbocycles. The Bertz CT molecular complexity index is 698. The minimum atomic E-state index is -3.60. The van der Waals surface area contributed by atoms with Crippen molar-refractivity contribution in [1.29, 1.82) is 0 Å². The SMILES string of the molecule is COC(=O)c1cc(S(=O)(=O)N[C@H]2C[C@H]3CC[C@H]2C3)ccc1C. The monoisotopic (exact) mass is 323 g/mol. The normalized spacial score (nSPS) is 27.1. The van der Waals surface area contributed by atoms with Crippen LogP contribution in [0.1, 0.15) is 41.6 Å². The van der Waals surface area contributed by atoms with Crippen molar-refractivity contribution in [1.82, 2.24) is 4.72 Å². The lowest BCUT2D eigenvalue weighted by atomic mass is 9.96. The lowest BCUT2D eigenvalue weighted by Gasteiger charge is -2.22. The lowest BCUT2D eigenvalue weighted by Crippen LogP contribution is -2.38. The summed E-state index contributed by atoms with van der Waals surface area (Å²) in [6, 6.07) is 4.61. The van der Waals surface area contributed by atoms with Crippen molar-refractivity contribution in [2.24, 2.45) is 11.8 Å². The van der Waals surface area contributed by atoms with Crippen LogP contribution in [-0.2, 0) is 14.8 Å². The van der Waals surface area contributed by atoms with Crippen LogP contribution < -0.4 is 4.72 Å². The molecule has 120 valence electrons. The summed E-state index contributed by atoms with van der Waals surface area (Å²) in [5.74, 6) is 0.612. The smallest absolute Gasteiger partial charge is 0.338 e. The third-order valence-electron chi connectivity index (χ3n) is 4.97. The second kappa shape index (κ2) is 5.66. The van der Waals surface area contributed by atoms with E-state index in [2.05, 4.69) is 4.72 Å². The number of hydrogen-bond acceptors (Lipinski definition) is 4. The van der Waals surface area contributed by atoms with Crippen molar-refractivity contribution >= 4 is 16.0 Å². The summed E-state index contributed by atoms with van der Waals surface area (Å²) in [5.41, 5.74) is 0.990. The van der Waals surface area contributed by atoms with Crippen molar-refractivity contribution in [3.05, 3.63) is 29.3 Å². The molecule has 1 aromatic carbocycles. The predicted molar refractivity (Wildman–Crippen MR) is 82.1 cm³/mol. The number of methoxy groups -OCH3 is 1. The first-order valence-corrected chi connectivity index (χ1v) is 9.10.